The average molecular weight is 299 g/mol. The van der Waals surface area contributed by atoms with Crippen molar-refractivity contribution in [1.29, 1.82) is 5.26 Å². The molecule has 1 N–H and O–H groups in total. The van der Waals surface area contributed by atoms with Gasteiger partial charge in [0.15, 0.2) is 18.6 Å². The molecule has 7 heteroatoms. The van der Waals surface area contributed by atoms with Crippen molar-refractivity contribution in [3.05, 3.63) is 48.6 Å². The number of carbonyl (C=O) groups is 1. The Hall–Kier alpha value is -2.77. The van der Waals surface area contributed by atoms with Crippen molar-refractivity contribution in [2.24, 2.45) is 0 Å². The Bertz CT molecular complexity index is 759. The Morgan fingerprint density at radius 2 is 2.19 bits per heavy atom. The van der Waals surface area contributed by atoms with Gasteiger partial charge in [0.1, 0.15) is 0 Å². The smallest absolute Gasteiger partial charge is 0.266 e. The van der Waals surface area contributed by atoms with Crippen molar-refractivity contribution in [3.8, 4) is 17.3 Å². The van der Waals surface area contributed by atoms with Gasteiger partial charge in [-0.15, -0.1) is 4.34 Å². The predicted octanol–water partition coefficient (Wildman–Crippen LogP) is 2.62. The molecule has 0 radical (unpaired) electrons. The van der Waals surface area contributed by atoms with Crippen LogP contribution in [0.25, 0.3) is 17.2 Å². The monoisotopic (exact) mass is 299 g/mol. The molecule has 0 spiro atoms. The first-order chi connectivity index (χ1) is 10.1. The molecule has 1 amide bonds. The van der Waals surface area contributed by atoms with Crippen LogP contribution in [0.4, 0.5) is 0 Å². The van der Waals surface area contributed by atoms with E-state index >= 15 is 0 Å². The Labute approximate surface area is 122 Å². The van der Waals surface area contributed by atoms with Gasteiger partial charge in [-0.2, -0.15) is 5.26 Å². The molecule has 2 heterocycles. The zero-order chi connectivity index (χ0) is 15.4. The molecule has 0 aliphatic rings. The molecule has 2 aromatic heterocycles. The number of amides is 1. The molecular formula is C14H12N4O2P+. The lowest BCUT2D eigenvalue weighted by atomic mass is 10.0. The fourth-order valence-corrected chi connectivity index (χ4v) is 2.79. The SMILES string of the molecule is C=Cc1c(-c2ccncc2)cn([P+](C)=O)c1C(=O)NC#N. The van der Waals surface area contributed by atoms with Crippen molar-refractivity contribution < 1.29 is 9.36 Å². The fraction of sp³-hybridized carbons (Fsp3) is 0.0714. The van der Waals surface area contributed by atoms with E-state index in [9.17, 15) is 9.36 Å². The summed E-state index contributed by atoms with van der Waals surface area (Å²) in [5, 5.41) is 10.7. The summed E-state index contributed by atoms with van der Waals surface area (Å²) < 4.78 is 13.2. The van der Waals surface area contributed by atoms with Gasteiger partial charge >= 0.3 is 7.95 Å². The largest absolute Gasteiger partial charge is 0.463 e. The highest BCUT2D eigenvalue weighted by Gasteiger charge is 2.28. The van der Waals surface area contributed by atoms with Crippen LogP contribution in [0, 0.1) is 11.5 Å². The summed E-state index contributed by atoms with van der Waals surface area (Å²) in [4.78, 5) is 16.0. The number of nitrogens with one attached hydrogen (secondary N) is 1. The highest BCUT2D eigenvalue weighted by Crippen LogP contribution is 2.34. The molecule has 0 aliphatic carbocycles. The van der Waals surface area contributed by atoms with Gasteiger partial charge < -0.3 is 0 Å². The second-order valence-corrected chi connectivity index (χ2v) is 5.48. The van der Waals surface area contributed by atoms with Gasteiger partial charge in [-0.25, -0.2) is 0 Å². The molecule has 0 aromatic carbocycles. The van der Waals surface area contributed by atoms with E-state index in [1.807, 2.05) is 0 Å². The molecule has 0 saturated heterocycles. The van der Waals surface area contributed by atoms with Gasteiger partial charge in [0.05, 0.1) is 6.20 Å². The highest BCUT2D eigenvalue weighted by atomic mass is 31.1. The zero-order valence-corrected chi connectivity index (χ0v) is 12.2. The number of nitriles is 1. The molecule has 1 unspecified atom stereocenters. The Balaban J connectivity index is 2.72. The Morgan fingerprint density at radius 3 is 2.71 bits per heavy atom. The third kappa shape index (κ3) is 2.73. The maximum Gasteiger partial charge on any atom is 0.463 e. The second kappa shape index (κ2) is 6.12. The number of hydrogen-bond donors (Lipinski definition) is 1. The minimum absolute atomic E-state index is 0.155. The number of hydrogen-bond acceptors (Lipinski definition) is 4. The molecule has 21 heavy (non-hydrogen) atoms. The predicted molar refractivity (Wildman–Crippen MR) is 79.8 cm³/mol. The normalized spacial score (nSPS) is 10.6. The molecule has 0 saturated carbocycles. The van der Waals surface area contributed by atoms with E-state index in [0.717, 1.165) is 5.56 Å². The van der Waals surface area contributed by atoms with E-state index in [4.69, 9.17) is 5.26 Å². The zero-order valence-electron chi connectivity index (χ0n) is 11.3. The van der Waals surface area contributed by atoms with E-state index in [2.05, 4.69) is 16.9 Å². The summed E-state index contributed by atoms with van der Waals surface area (Å²) >= 11 is 0. The van der Waals surface area contributed by atoms with E-state index in [1.54, 1.807) is 36.9 Å². The molecular weight excluding hydrogens is 287 g/mol. The third-order valence-electron chi connectivity index (χ3n) is 2.91. The molecule has 0 fully saturated rings. The van der Waals surface area contributed by atoms with Crippen LogP contribution in [0.5, 0.6) is 0 Å². The van der Waals surface area contributed by atoms with Crippen molar-refractivity contribution in [2.75, 3.05) is 6.66 Å². The van der Waals surface area contributed by atoms with Crippen molar-refractivity contribution in [1.82, 2.24) is 14.6 Å². The molecule has 6 nitrogen and oxygen atoms in total. The number of nitrogens with zero attached hydrogens (tertiary/aromatic N) is 3. The summed E-state index contributed by atoms with van der Waals surface area (Å²) in [5.41, 5.74) is 2.21. The standard InChI is InChI=1S/C14H11N4O2P/c1-3-11-12(10-4-6-16-7-5-10)8-18(21(2)20)13(11)14(19)17-9-15/h3-8H,1H2,2H3/p+1. The number of aromatic nitrogens is 2. The first-order valence-corrected chi connectivity index (χ1v) is 7.64. The van der Waals surface area contributed by atoms with E-state index in [-0.39, 0.29) is 5.69 Å². The van der Waals surface area contributed by atoms with E-state index in [0.29, 0.717) is 11.1 Å². The summed E-state index contributed by atoms with van der Waals surface area (Å²) in [6.07, 6.45) is 7.97. The third-order valence-corrected chi connectivity index (χ3v) is 3.83. The maximum absolute atomic E-state index is 12.1. The lowest BCUT2D eigenvalue weighted by Crippen LogP contribution is -2.20. The van der Waals surface area contributed by atoms with E-state index < -0.39 is 13.9 Å². The van der Waals surface area contributed by atoms with Gasteiger partial charge in [-0.3, -0.25) is 15.1 Å². The van der Waals surface area contributed by atoms with Crippen LogP contribution in [0.2, 0.25) is 0 Å². The first kappa shape index (κ1) is 14.6. The molecule has 1 atom stereocenters. The van der Waals surface area contributed by atoms with Crippen LogP contribution in [0.15, 0.2) is 37.3 Å². The molecule has 2 aromatic rings. The van der Waals surface area contributed by atoms with Crippen molar-refractivity contribution in [2.45, 2.75) is 0 Å². The summed E-state index contributed by atoms with van der Waals surface area (Å²) in [5.74, 6) is -0.613. The van der Waals surface area contributed by atoms with Gasteiger partial charge in [0.2, 0.25) is 0 Å². The van der Waals surface area contributed by atoms with Crippen LogP contribution in [-0.2, 0) is 4.57 Å². The lowest BCUT2D eigenvalue weighted by Gasteiger charge is -2.01. The Morgan fingerprint density at radius 1 is 1.52 bits per heavy atom. The summed E-state index contributed by atoms with van der Waals surface area (Å²) in [6, 6.07) is 3.56. The summed E-state index contributed by atoms with van der Waals surface area (Å²) in [7, 11) is -1.82. The van der Waals surface area contributed by atoms with Crippen molar-refractivity contribution >= 4 is 19.9 Å². The Kier molecular flexibility index (Phi) is 4.27. The number of carbonyl (C=O) groups excluding carboxylic acids is 1. The quantitative estimate of drug-likeness (QED) is 0.534. The molecule has 0 bridgehead atoms. The van der Waals surface area contributed by atoms with Crippen LogP contribution in [0.1, 0.15) is 16.1 Å². The minimum atomic E-state index is -1.82. The van der Waals surface area contributed by atoms with Gasteiger partial charge in [-0.05, 0) is 22.3 Å². The number of rotatable bonds is 4. The van der Waals surface area contributed by atoms with Gasteiger partial charge in [-0.1, -0.05) is 12.7 Å². The minimum Gasteiger partial charge on any atom is -0.266 e. The van der Waals surface area contributed by atoms with Crippen molar-refractivity contribution in [3.63, 3.8) is 0 Å². The number of pyridine rings is 1. The van der Waals surface area contributed by atoms with Gasteiger partial charge in [0.25, 0.3) is 5.91 Å². The van der Waals surface area contributed by atoms with Crippen LogP contribution >= 0.6 is 7.95 Å². The van der Waals surface area contributed by atoms with Crippen LogP contribution < -0.4 is 5.32 Å². The van der Waals surface area contributed by atoms with Crippen LogP contribution in [-0.4, -0.2) is 21.9 Å². The summed E-state index contributed by atoms with van der Waals surface area (Å²) in [6.45, 7) is 5.19. The van der Waals surface area contributed by atoms with Crippen LogP contribution in [0.3, 0.4) is 0 Å². The maximum atomic E-state index is 12.1. The van der Waals surface area contributed by atoms with E-state index in [1.165, 1.54) is 17.1 Å². The highest BCUT2D eigenvalue weighted by molar-refractivity contribution is 7.42. The fourth-order valence-electron chi connectivity index (χ4n) is 2.03. The van der Waals surface area contributed by atoms with Gasteiger partial charge in [0, 0.05) is 23.5 Å². The molecule has 2 rings (SSSR count). The molecule has 104 valence electrons. The first-order valence-electron chi connectivity index (χ1n) is 5.99. The molecule has 0 aliphatic heterocycles. The average Bonchev–Trinajstić information content (AvgIpc) is 2.88. The second-order valence-electron chi connectivity index (χ2n) is 4.12. The topological polar surface area (TPSA) is 87.8 Å². The lowest BCUT2D eigenvalue weighted by molar-refractivity contribution is 0.0967.